The summed E-state index contributed by atoms with van der Waals surface area (Å²) in [5, 5.41) is 3.48. The highest BCUT2D eigenvalue weighted by Crippen LogP contribution is 2.26. The van der Waals surface area contributed by atoms with Crippen LogP contribution in [0.5, 0.6) is 0 Å². The molecule has 2 nitrogen and oxygen atoms in total. The minimum Gasteiger partial charge on any atom is -0.472 e. The first-order valence-corrected chi connectivity index (χ1v) is 6.65. The van der Waals surface area contributed by atoms with E-state index < -0.39 is 0 Å². The van der Waals surface area contributed by atoms with Gasteiger partial charge in [-0.25, -0.2) is 4.39 Å². The van der Waals surface area contributed by atoms with Crippen LogP contribution in [0.15, 0.2) is 35.1 Å². The summed E-state index contributed by atoms with van der Waals surface area (Å²) in [7, 11) is 0. The van der Waals surface area contributed by atoms with E-state index in [0.29, 0.717) is 11.1 Å². The number of aryl methyl sites for hydroxylation is 2. The maximum atomic E-state index is 13.7. The van der Waals surface area contributed by atoms with Crippen LogP contribution in [0.1, 0.15) is 41.6 Å². The fourth-order valence-corrected chi connectivity index (χ4v) is 2.30. The molecule has 1 unspecified atom stereocenters. The average molecular weight is 261 g/mol. The highest BCUT2D eigenvalue weighted by Gasteiger charge is 2.16. The molecular weight excluding hydrogens is 241 g/mol. The largest absolute Gasteiger partial charge is 0.472 e. The molecule has 0 aliphatic rings. The molecule has 0 bridgehead atoms. The van der Waals surface area contributed by atoms with Crippen molar-refractivity contribution in [3.8, 4) is 0 Å². The summed E-state index contributed by atoms with van der Waals surface area (Å²) in [5.41, 5.74) is 3.51. The molecule has 0 saturated carbocycles. The molecule has 2 rings (SSSR count). The summed E-state index contributed by atoms with van der Waals surface area (Å²) >= 11 is 0. The molecular formula is C16H20FNO. The molecule has 1 atom stereocenters. The van der Waals surface area contributed by atoms with Crippen LogP contribution >= 0.6 is 0 Å². The zero-order valence-corrected chi connectivity index (χ0v) is 11.7. The third-order valence-corrected chi connectivity index (χ3v) is 3.27. The number of benzene rings is 1. The van der Waals surface area contributed by atoms with Gasteiger partial charge >= 0.3 is 0 Å². The third kappa shape index (κ3) is 3.04. The number of hydrogen-bond acceptors (Lipinski definition) is 2. The summed E-state index contributed by atoms with van der Waals surface area (Å²) in [6.07, 6.45) is 4.45. The van der Waals surface area contributed by atoms with Crippen LogP contribution < -0.4 is 5.32 Å². The Morgan fingerprint density at radius 3 is 2.42 bits per heavy atom. The van der Waals surface area contributed by atoms with Gasteiger partial charge in [0.15, 0.2) is 0 Å². The fraction of sp³-hybridized carbons (Fsp3) is 0.375. The molecule has 1 heterocycles. The first-order chi connectivity index (χ1) is 9.13. The van der Waals surface area contributed by atoms with Crippen LogP contribution in [0.3, 0.4) is 0 Å². The Hall–Kier alpha value is -1.61. The van der Waals surface area contributed by atoms with Crippen molar-refractivity contribution in [2.45, 2.75) is 33.2 Å². The second kappa shape index (κ2) is 6.02. The van der Waals surface area contributed by atoms with E-state index in [-0.39, 0.29) is 11.9 Å². The van der Waals surface area contributed by atoms with Gasteiger partial charge in [-0.05, 0) is 49.6 Å². The van der Waals surface area contributed by atoms with E-state index >= 15 is 0 Å². The maximum Gasteiger partial charge on any atom is 0.129 e. The van der Waals surface area contributed by atoms with E-state index in [9.17, 15) is 4.39 Å². The molecule has 3 heteroatoms. The lowest BCUT2D eigenvalue weighted by atomic mass is 9.97. The molecule has 0 amide bonds. The molecule has 0 aliphatic carbocycles. The first kappa shape index (κ1) is 13.8. The van der Waals surface area contributed by atoms with Crippen molar-refractivity contribution in [1.29, 1.82) is 0 Å². The van der Waals surface area contributed by atoms with Gasteiger partial charge < -0.3 is 9.73 Å². The predicted octanol–water partition coefficient (Wildman–Crippen LogP) is 4.12. The van der Waals surface area contributed by atoms with Gasteiger partial charge in [-0.15, -0.1) is 0 Å². The number of nitrogens with one attached hydrogen (secondary N) is 1. The van der Waals surface area contributed by atoms with Gasteiger partial charge in [-0.2, -0.15) is 0 Å². The number of rotatable bonds is 5. The normalized spacial score (nSPS) is 12.6. The van der Waals surface area contributed by atoms with E-state index in [2.05, 4.69) is 12.2 Å². The SMILES string of the molecule is CCCNC(c1ccoc1)c1cc(C)c(F)c(C)c1. The fourth-order valence-electron chi connectivity index (χ4n) is 2.30. The smallest absolute Gasteiger partial charge is 0.129 e. The topological polar surface area (TPSA) is 25.2 Å². The molecule has 1 N–H and O–H groups in total. The van der Waals surface area contributed by atoms with E-state index in [4.69, 9.17) is 4.42 Å². The second-order valence-electron chi connectivity index (χ2n) is 4.91. The van der Waals surface area contributed by atoms with E-state index in [1.54, 1.807) is 26.4 Å². The Labute approximate surface area is 113 Å². The Bertz CT molecular complexity index is 511. The molecule has 102 valence electrons. The zero-order chi connectivity index (χ0) is 13.8. The van der Waals surface area contributed by atoms with Gasteiger partial charge in [0, 0.05) is 5.56 Å². The van der Waals surface area contributed by atoms with Crippen LogP contribution in [0, 0.1) is 19.7 Å². The quantitative estimate of drug-likeness (QED) is 0.875. The number of halogens is 1. The second-order valence-corrected chi connectivity index (χ2v) is 4.91. The number of hydrogen-bond donors (Lipinski definition) is 1. The van der Waals surface area contributed by atoms with Crippen LogP contribution in [0.25, 0.3) is 0 Å². The van der Waals surface area contributed by atoms with Crippen molar-refractivity contribution < 1.29 is 8.81 Å². The van der Waals surface area contributed by atoms with Crippen molar-refractivity contribution in [3.05, 3.63) is 58.8 Å². The minimum absolute atomic E-state index is 0.0525. The summed E-state index contributed by atoms with van der Waals surface area (Å²) in [5.74, 6) is -0.120. The highest BCUT2D eigenvalue weighted by atomic mass is 19.1. The van der Waals surface area contributed by atoms with Gasteiger partial charge in [0.2, 0.25) is 0 Å². The van der Waals surface area contributed by atoms with Gasteiger partial charge in [-0.3, -0.25) is 0 Å². The summed E-state index contributed by atoms with van der Waals surface area (Å²) < 4.78 is 18.9. The summed E-state index contributed by atoms with van der Waals surface area (Å²) in [4.78, 5) is 0. The van der Waals surface area contributed by atoms with E-state index in [1.807, 2.05) is 18.2 Å². The first-order valence-electron chi connectivity index (χ1n) is 6.65. The third-order valence-electron chi connectivity index (χ3n) is 3.27. The Balaban J connectivity index is 2.38. The van der Waals surface area contributed by atoms with Gasteiger partial charge in [0.25, 0.3) is 0 Å². The van der Waals surface area contributed by atoms with Crippen molar-refractivity contribution in [3.63, 3.8) is 0 Å². The summed E-state index contributed by atoms with van der Waals surface area (Å²) in [6.45, 7) is 6.64. The van der Waals surface area contributed by atoms with Crippen molar-refractivity contribution in [2.24, 2.45) is 0 Å². The molecule has 0 radical (unpaired) electrons. The zero-order valence-electron chi connectivity index (χ0n) is 11.7. The lowest BCUT2D eigenvalue weighted by Crippen LogP contribution is -2.23. The van der Waals surface area contributed by atoms with E-state index in [0.717, 1.165) is 24.1 Å². The average Bonchev–Trinajstić information content (AvgIpc) is 2.90. The van der Waals surface area contributed by atoms with Crippen molar-refractivity contribution >= 4 is 0 Å². The van der Waals surface area contributed by atoms with E-state index in [1.165, 1.54) is 0 Å². The number of furan rings is 1. The molecule has 0 fully saturated rings. The predicted molar refractivity (Wildman–Crippen MR) is 74.7 cm³/mol. The minimum atomic E-state index is -0.120. The van der Waals surface area contributed by atoms with Crippen LogP contribution in [-0.2, 0) is 0 Å². The Morgan fingerprint density at radius 1 is 1.21 bits per heavy atom. The van der Waals surface area contributed by atoms with Crippen LogP contribution in [0.2, 0.25) is 0 Å². The Morgan fingerprint density at radius 2 is 1.89 bits per heavy atom. The van der Waals surface area contributed by atoms with Crippen LogP contribution in [0.4, 0.5) is 4.39 Å². The van der Waals surface area contributed by atoms with Gasteiger partial charge in [0.05, 0.1) is 18.6 Å². The lowest BCUT2D eigenvalue weighted by molar-refractivity contribution is 0.547. The monoisotopic (exact) mass is 261 g/mol. The highest BCUT2D eigenvalue weighted by molar-refractivity contribution is 5.36. The molecule has 0 saturated heterocycles. The molecule has 1 aromatic heterocycles. The molecule has 1 aromatic carbocycles. The maximum absolute atomic E-state index is 13.7. The van der Waals surface area contributed by atoms with Gasteiger partial charge in [0.1, 0.15) is 5.82 Å². The molecule has 19 heavy (non-hydrogen) atoms. The molecule has 0 spiro atoms. The summed E-state index contributed by atoms with van der Waals surface area (Å²) in [6, 6.07) is 5.81. The Kier molecular flexibility index (Phi) is 4.38. The van der Waals surface area contributed by atoms with Crippen molar-refractivity contribution in [2.75, 3.05) is 6.54 Å². The van der Waals surface area contributed by atoms with Crippen LogP contribution in [-0.4, -0.2) is 6.54 Å². The standard InChI is InChI=1S/C16H20FNO/c1-4-6-18-16(13-5-7-19-10-13)14-8-11(2)15(17)12(3)9-14/h5,7-10,16,18H,4,6H2,1-3H3. The molecule has 2 aromatic rings. The lowest BCUT2D eigenvalue weighted by Gasteiger charge is -2.19. The van der Waals surface area contributed by atoms with Gasteiger partial charge in [-0.1, -0.05) is 19.1 Å². The van der Waals surface area contributed by atoms with Crippen molar-refractivity contribution in [1.82, 2.24) is 5.32 Å². The molecule has 0 aliphatic heterocycles.